The Morgan fingerprint density at radius 2 is 1.91 bits per heavy atom. The molecule has 4 rings (SSSR count). The third-order valence-electron chi connectivity index (χ3n) is 4.85. The molecule has 0 radical (unpaired) electrons. The highest BCUT2D eigenvalue weighted by atomic mass is 32.2. The van der Waals surface area contributed by atoms with E-state index < -0.39 is 28.5 Å². The molecular weight excluding hydrogens is 464 g/mol. The number of rotatable bonds is 7. The molecule has 4 aromatic rings. The first-order valence-electron chi connectivity index (χ1n) is 10.0. The fourth-order valence-corrected chi connectivity index (χ4v) is 5.17. The van der Waals surface area contributed by atoms with Gasteiger partial charge >= 0.3 is 0 Å². The predicted molar refractivity (Wildman–Crippen MR) is 130 cm³/mol. The van der Waals surface area contributed by atoms with Crippen LogP contribution in [0.25, 0.3) is 20.7 Å². The summed E-state index contributed by atoms with van der Waals surface area (Å²) in [5, 5.41) is 2.31. The van der Waals surface area contributed by atoms with Gasteiger partial charge in [-0.05, 0) is 30.7 Å². The molecule has 1 N–H and O–H groups in total. The summed E-state index contributed by atoms with van der Waals surface area (Å²) in [4.78, 5) is 31.9. The van der Waals surface area contributed by atoms with E-state index in [1.807, 2.05) is 36.4 Å². The Balaban J connectivity index is 1.67. The van der Waals surface area contributed by atoms with Crippen LogP contribution in [0.3, 0.4) is 0 Å². The summed E-state index contributed by atoms with van der Waals surface area (Å²) < 4.78 is 29.3. The Morgan fingerprint density at radius 3 is 2.58 bits per heavy atom. The van der Waals surface area contributed by atoms with Crippen LogP contribution in [0.15, 0.2) is 77.2 Å². The lowest BCUT2D eigenvalue weighted by atomic mass is 10.2. The van der Waals surface area contributed by atoms with Gasteiger partial charge in [0.25, 0.3) is 5.56 Å². The summed E-state index contributed by atoms with van der Waals surface area (Å²) in [6.07, 6.45) is 1.57. The molecule has 0 aliphatic carbocycles. The van der Waals surface area contributed by atoms with Gasteiger partial charge in [-0.3, -0.25) is 14.2 Å². The van der Waals surface area contributed by atoms with Gasteiger partial charge < -0.3 is 5.32 Å². The Morgan fingerprint density at radius 1 is 1.21 bits per heavy atom. The minimum Gasteiger partial charge on any atom is -0.320 e. The van der Waals surface area contributed by atoms with E-state index in [1.165, 1.54) is 22.0 Å². The van der Waals surface area contributed by atoms with Crippen molar-refractivity contribution in [1.82, 2.24) is 9.55 Å². The number of hydrogen-bond acceptors (Lipinski definition) is 5. The molecule has 33 heavy (non-hydrogen) atoms. The Labute approximate surface area is 196 Å². The topological polar surface area (TPSA) is 64.0 Å². The van der Waals surface area contributed by atoms with Crippen molar-refractivity contribution in [3.05, 3.63) is 89.2 Å². The van der Waals surface area contributed by atoms with Gasteiger partial charge in [-0.1, -0.05) is 54.2 Å². The number of halogens is 2. The highest BCUT2D eigenvalue weighted by Gasteiger charge is 2.22. The van der Waals surface area contributed by atoms with E-state index in [9.17, 15) is 18.4 Å². The first kappa shape index (κ1) is 22.9. The predicted octanol–water partition coefficient (Wildman–Crippen LogP) is 5.71. The number of benzene rings is 2. The number of carbonyl (C=O) groups excluding carboxylic acids is 1. The maximum absolute atomic E-state index is 13.9. The number of anilines is 1. The van der Waals surface area contributed by atoms with E-state index in [-0.39, 0.29) is 12.1 Å². The van der Waals surface area contributed by atoms with Crippen molar-refractivity contribution in [2.45, 2.75) is 23.9 Å². The monoisotopic (exact) mass is 483 g/mol. The summed E-state index contributed by atoms with van der Waals surface area (Å²) in [5.74, 6) is -2.34. The van der Waals surface area contributed by atoms with Crippen molar-refractivity contribution >= 4 is 44.9 Å². The number of amides is 1. The molecular formula is C24H19F2N3O2S2. The minimum absolute atomic E-state index is 0.205. The summed E-state index contributed by atoms with van der Waals surface area (Å²) in [5.41, 5.74) is 0.227. The number of aromatic nitrogens is 2. The molecule has 9 heteroatoms. The average Bonchev–Trinajstić information content (AvgIpc) is 3.24. The van der Waals surface area contributed by atoms with Gasteiger partial charge in [0.1, 0.15) is 22.2 Å². The van der Waals surface area contributed by atoms with Crippen LogP contribution in [-0.2, 0) is 11.3 Å². The van der Waals surface area contributed by atoms with E-state index in [4.69, 9.17) is 0 Å². The van der Waals surface area contributed by atoms with Crippen molar-refractivity contribution in [3.8, 4) is 10.4 Å². The number of nitrogens with zero attached hydrogens (tertiary/aromatic N) is 2. The highest BCUT2D eigenvalue weighted by Crippen LogP contribution is 2.33. The molecule has 168 valence electrons. The Bertz CT molecular complexity index is 1380. The molecule has 1 atom stereocenters. The second kappa shape index (κ2) is 9.68. The number of thioether (sulfide) groups is 1. The third-order valence-corrected chi connectivity index (χ3v) is 7.02. The van der Waals surface area contributed by atoms with Gasteiger partial charge in [0.05, 0.1) is 10.6 Å². The molecule has 2 heterocycles. The molecule has 1 amide bonds. The SMILES string of the molecule is C=CCn1c(SC(C)C(=O)Nc2c(F)cccc2F)nc2sc(-c3ccccc3)cc2c1=O. The number of thiophene rings is 1. The lowest BCUT2D eigenvalue weighted by Gasteiger charge is -2.15. The van der Waals surface area contributed by atoms with Crippen LogP contribution >= 0.6 is 23.1 Å². The van der Waals surface area contributed by atoms with Gasteiger partial charge in [-0.2, -0.15) is 0 Å². The summed E-state index contributed by atoms with van der Waals surface area (Å²) in [7, 11) is 0. The number of allylic oxidation sites excluding steroid dienone is 1. The fraction of sp³-hybridized carbons (Fsp3) is 0.125. The fourth-order valence-electron chi connectivity index (χ4n) is 3.18. The molecule has 0 spiro atoms. The van der Waals surface area contributed by atoms with Gasteiger partial charge in [-0.25, -0.2) is 13.8 Å². The summed E-state index contributed by atoms with van der Waals surface area (Å²) in [6, 6.07) is 14.8. The van der Waals surface area contributed by atoms with Gasteiger partial charge in [0.15, 0.2) is 5.16 Å². The van der Waals surface area contributed by atoms with Crippen LogP contribution in [0.2, 0.25) is 0 Å². The molecule has 0 bridgehead atoms. The Kier molecular flexibility index (Phi) is 6.71. The summed E-state index contributed by atoms with van der Waals surface area (Å²) in [6.45, 7) is 5.49. The third kappa shape index (κ3) is 4.74. The first-order valence-corrected chi connectivity index (χ1v) is 11.7. The minimum atomic E-state index is -0.865. The van der Waals surface area contributed by atoms with Crippen LogP contribution < -0.4 is 10.9 Å². The second-order valence-corrected chi connectivity index (χ2v) is 9.48. The van der Waals surface area contributed by atoms with E-state index in [0.29, 0.717) is 15.4 Å². The maximum Gasteiger partial charge on any atom is 0.263 e. The largest absolute Gasteiger partial charge is 0.320 e. The van der Waals surface area contributed by atoms with Crippen molar-refractivity contribution in [3.63, 3.8) is 0 Å². The lowest BCUT2D eigenvalue weighted by molar-refractivity contribution is -0.115. The smallest absolute Gasteiger partial charge is 0.263 e. The van der Waals surface area contributed by atoms with Crippen LogP contribution in [0.1, 0.15) is 6.92 Å². The van der Waals surface area contributed by atoms with E-state index in [2.05, 4.69) is 16.9 Å². The highest BCUT2D eigenvalue weighted by molar-refractivity contribution is 8.00. The van der Waals surface area contributed by atoms with Crippen LogP contribution in [0.4, 0.5) is 14.5 Å². The lowest BCUT2D eigenvalue weighted by Crippen LogP contribution is -2.27. The van der Waals surface area contributed by atoms with Crippen LogP contribution in [-0.4, -0.2) is 20.7 Å². The quantitative estimate of drug-likeness (QED) is 0.208. The standard InChI is InChI=1S/C24H19F2N3O2S2/c1-3-12-29-23(31)16-13-19(15-8-5-4-6-9-15)33-22(16)28-24(29)32-14(2)21(30)27-20-17(25)10-7-11-18(20)26/h3-11,13-14H,1,12H2,2H3,(H,27,30). The van der Waals surface area contributed by atoms with E-state index in [1.54, 1.807) is 13.0 Å². The number of carbonyl (C=O) groups is 1. The Hall–Kier alpha value is -3.30. The van der Waals surface area contributed by atoms with Crippen molar-refractivity contribution in [2.24, 2.45) is 0 Å². The van der Waals surface area contributed by atoms with Gasteiger partial charge in [0.2, 0.25) is 5.91 Å². The molecule has 2 aromatic carbocycles. The van der Waals surface area contributed by atoms with Crippen LogP contribution in [0.5, 0.6) is 0 Å². The van der Waals surface area contributed by atoms with Gasteiger partial charge in [-0.15, -0.1) is 17.9 Å². The van der Waals surface area contributed by atoms with E-state index >= 15 is 0 Å². The average molecular weight is 484 g/mol. The molecule has 5 nitrogen and oxygen atoms in total. The number of fused-ring (bicyclic) bond motifs is 1. The van der Waals surface area contributed by atoms with Crippen molar-refractivity contribution in [1.29, 1.82) is 0 Å². The van der Waals surface area contributed by atoms with E-state index in [0.717, 1.165) is 34.3 Å². The molecule has 1 unspecified atom stereocenters. The molecule has 0 saturated carbocycles. The zero-order chi connectivity index (χ0) is 23.5. The summed E-state index contributed by atoms with van der Waals surface area (Å²) >= 11 is 2.42. The zero-order valence-corrected chi connectivity index (χ0v) is 19.2. The second-order valence-electron chi connectivity index (χ2n) is 7.14. The normalized spacial score (nSPS) is 12.0. The molecule has 0 aliphatic heterocycles. The number of nitrogens with one attached hydrogen (secondary N) is 1. The van der Waals surface area contributed by atoms with Crippen molar-refractivity contribution in [2.75, 3.05) is 5.32 Å². The molecule has 0 saturated heterocycles. The van der Waals surface area contributed by atoms with Gasteiger partial charge in [0, 0.05) is 11.4 Å². The van der Waals surface area contributed by atoms with Crippen molar-refractivity contribution < 1.29 is 13.6 Å². The molecule has 2 aromatic heterocycles. The zero-order valence-electron chi connectivity index (χ0n) is 17.5. The number of para-hydroxylation sites is 1. The van der Waals surface area contributed by atoms with Crippen LogP contribution in [0, 0.1) is 11.6 Å². The number of hydrogen-bond donors (Lipinski definition) is 1. The maximum atomic E-state index is 13.9. The molecule has 0 aliphatic rings. The first-order chi connectivity index (χ1) is 15.9. The molecule has 0 fully saturated rings.